The van der Waals surface area contributed by atoms with Crippen LogP contribution in [0.1, 0.15) is 38.8 Å². The van der Waals surface area contributed by atoms with Crippen molar-refractivity contribution in [3.8, 4) is 0 Å². The summed E-state index contributed by atoms with van der Waals surface area (Å²) in [7, 11) is 0. The maximum atomic E-state index is 13.0. The molecule has 30 heavy (non-hydrogen) atoms. The van der Waals surface area contributed by atoms with E-state index in [-0.39, 0.29) is 24.2 Å². The Morgan fingerprint density at radius 3 is 2.23 bits per heavy atom. The fourth-order valence-electron chi connectivity index (χ4n) is 3.41. The highest BCUT2D eigenvalue weighted by Gasteiger charge is 2.48. The first kappa shape index (κ1) is 21.2. The van der Waals surface area contributed by atoms with E-state index in [9.17, 15) is 24.5 Å². The molecule has 1 aromatic heterocycles. The van der Waals surface area contributed by atoms with Gasteiger partial charge >= 0.3 is 6.03 Å². The molecule has 9 nitrogen and oxygen atoms in total. The van der Waals surface area contributed by atoms with Crippen molar-refractivity contribution in [2.75, 3.05) is 6.54 Å². The van der Waals surface area contributed by atoms with Crippen molar-refractivity contribution in [1.29, 1.82) is 0 Å². The molecule has 2 heterocycles. The highest BCUT2D eigenvalue weighted by Crippen LogP contribution is 2.31. The number of carbonyl (C=O) groups is 2. The minimum absolute atomic E-state index is 0.0417. The summed E-state index contributed by atoms with van der Waals surface area (Å²) in [6.45, 7) is 7.77. The van der Waals surface area contributed by atoms with Gasteiger partial charge in [-0.1, -0.05) is 45.0 Å². The molecule has 1 N–H and O–H groups in total. The number of nitrogens with zero attached hydrogens (tertiary/aromatic N) is 3. The van der Waals surface area contributed by atoms with E-state index in [1.54, 1.807) is 6.92 Å². The Hall–Kier alpha value is -3.49. The van der Waals surface area contributed by atoms with Crippen LogP contribution in [-0.4, -0.2) is 32.9 Å². The molecule has 9 heteroatoms. The van der Waals surface area contributed by atoms with Crippen molar-refractivity contribution >= 4 is 17.6 Å². The van der Waals surface area contributed by atoms with Crippen LogP contribution in [0.5, 0.6) is 0 Å². The van der Waals surface area contributed by atoms with E-state index in [2.05, 4.69) is 26.1 Å². The summed E-state index contributed by atoms with van der Waals surface area (Å²) in [6.07, 6.45) is 1.10. The molecule has 3 amide bonds. The van der Waals surface area contributed by atoms with Gasteiger partial charge in [0.05, 0.1) is 11.1 Å². The standard InChI is InChI=1S/C21H24N4O5/c1-20(2,3)14-5-7-15(8-6-14)21(4)18(27)24(19(28)22-21)12-11-23-13-16(25(29)30)9-10-17(23)26/h5-10,13H,11-12H2,1-4H3,(H,22,28). The Bertz CT molecular complexity index is 1070. The number of amides is 3. The Labute approximate surface area is 173 Å². The van der Waals surface area contributed by atoms with Crippen LogP contribution in [0, 0.1) is 10.1 Å². The van der Waals surface area contributed by atoms with E-state index >= 15 is 0 Å². The quantitative estimate of drug-likeness (QED) is 0.460. The van der Waals surface area contributed by atoms with Crippen molar-refractivity contribution < 1.29 is 14.5 Å². The van der Waals surface area contributed by atoms with Gasteiger partial charge in [-0.05, 0) is 23.5 Å². The van der Waals surface area contributed by atoms with Crippen molar-refractivity contribution in [1.82, 2.24) is 14.8 Å². The van der Waals surface area contributed by atoms with Crippen molar-refractivity contribution in [3.05, 3.63) is 74.2 Å². The first-order chi connectivity index (χ1) is 13.9. The molecule has 1 unspecified atom stereocenters. The van der Waals surface area contributed by atoms with Crippen LogP contribution in [-0.2, 0) is 22.3 Å². The van der Waals surface area contributed by atoms with Crippen molar-refractivity contribution in [3.63, 3.8) is 0 Å². The maximum Gasteiger partial charge on any atom is 0.325 e. The van der Waals surface area contributed by atoms with Crippen LogP contribution in [0.3, 0.4) is 0 Å². The fraction of sp³-hybridized carbons (Fsp3) is 0.381. The third-order valence-electron chi connectivity index (χ3n) is 5.35. The average molecular weight is 412 g/mol. The summed E-state index contributed by atoms with van der Waals surface area (Å²) in [5, 5.41) is 13.6. The monoisotopic (exact) mass is 412 g/mol. The number of rotatable bonds is 5. The zero-order valence-electron chi connectivity index (χ0n) is 17.3. The third kappa shape index (κ3) is 3.83. The zero-order chi connectivity index (χ0) is 22.3. The molecule has 1 fully saturated rings. The lowest BCUT2D eigenvalue weighted by molar-refractivity contribution is -0.385. The second-order valence-corrected chi connectivity index (χ2v) is 8.52. The van der Waals surface area contributed by atoms with Crippen molar-refractivity contribution in [2.24, 2.45) is 0 Å². The molecule has 2 aromatic rings. The van der Waals surface area contributed by atoms with E-state index in [4.69, 9.17) is 0 Å². The van der Waals surface area contributed by atoms with Gasteiger partial charge in [0, 0.05) is 25.2 Å². The highest BCUT2D eigenvalue weighted by atomic mass is 16.6. The number of hydrogen-bond acceptors (Lipinski definition) is 5. The molecule has 0 saturated carbocycles. The molecule has 1 aromatic carbocycles. The van der Waals surface area contributed by atoms with Crippen LogP contribution in [0.4, 0.5) is 10.5 Å². The largest absolute Gasteiger partial charge is 0.325 e. The number of aromatic nitrogens is 1. The molecule has 3 rings (SSSR count). The first-order valence-corrected chi connectivity index (χ1v) is 9.53. The van der Waals surface area contributed by atoms with E-state index in [0.717, 1.165) is 33.4 Å². The molecule has 1 saturated heterocycles. The van der Waals surface area contributed by atoms with Gasteiger partial charge in [0.25, 0.3) is 17.2 Å². The minimum Gasteiger partial charge on any atom is -0.319 e. The van der Waals surface area contributed by atoms with E-state index in [1.807, 2.05) is 24.3 Å². The van der Waals surface area contributed by atoms with Gasteiger partial charge in [-0.3, -0.25) is 24.6 Å². The molecule has 1 atom stereocenters. The third-order valence-corrected chi connectivity index (χ3v) is 5.35. The average Bonchev–Trinajstić information content (AvgIpc) is 2.90. The van der Waals surface area contributed by atoms with Gasteiger partial charge < -0.3 is 9.88 Å². The van der Waals surface area contributed by atoms with Crippen LogP contribution < -0.4 is 10.9 Å². The number of benzene rings is 1. The molecule has 0 spiro atoms. The van der Waals surface area contributed by atoms with Gasteiger partial charge in [-0.2, -0.15) is 0 Å². The number of nitro groups is 1. The Morgan fingerprint density at radius 1 is 1.03 bits per heavy atom. The minimum atomic E-state index is -1.22. The van der Waals surface area contributed by atoms with Crippen LogP contribution in [0.25, 0.3) is 0 Å². The van der Waals surface area contributed by atoms with Gasteiger partial charge in [-0.15, -0.1) is 0 Å². The molecule has 1 aliphatic rings. The summed E-state index contributed by atoms with van der Waals surface area (Å²) >= 11 is 0. The lowest BCUT2D eigenvalue weighted by Gasteiger charge is -2.24. The number of carbonyl (C=O) groups excluding carboxylic acids is 2. The molecule has 0 radical (unpaired) electrons. The summed E-state index contributed by atoms with van der Waals surface area (Å²) in [6, 6.07) is 9.16. The van der Waals surface area contributed by atoms with Gasteiger partial charge in [0.2, 0.25) is 0 Å². The van der Waals surface area contributed by atoms with Crippen LogP contribution in [0.2, 0.25) is 0 Å². The predicted octanol–water partition coefficient (Wildman–Crippen LogP) is 2.52. The molecule has 0 aliphatic carbocycles. The molecular weight excluding hydrogens is 388 g/mol. The summed E-state index contributed by atoms with van der Waals surface area (Å²) in [5.74, 6) is -0.436. The Balaban J connectivity index is 1.80. The normalized spacial score (nSPS) is 19.1. The van der Waals surface area contributed by atoms with Gasteiger partial charge in [-0.25, -0.2) is 4.79 Å². The number of urea groups is 1. The number of imide groups is 1. The first-order valence-electron chi connectivity index (χ1n) is 9.53. The van der Waals surface area contributed by atoms with E-state index < -0.39 is 28.0 Å². The fourth-order valence-corrected chi connectivity index (χ4v) is 3.41. The summed E-state index contributed by atoms with van der Waals surface area (Å²) in [4.78, 5) is 48.8. The SMILES string of the molecule is CC(C)(C)c1ccc(C2(C)NC(=O)N(CCn3cc([N+](=O)[O-])ccc3=O)C2=O)cc1. The summed E-state index contributed by atoms with van der Waals surface area (Å²) < 4.78 is 1.12. The lowest BCUT2D eigenvalue weighted by atomic mass is 9.84. The molecule has 0 bridgehead atoms. The van der Waals surface area contributed by atoms with Crippen molar-refractivity contribution in [2.45, 2.75) is 45.2 Å². The summed E-state index contributed by atoms with van der Waals surface area (Å²) in [5.41, 5.74) is -0.192. The molecule has 1 aliphatic heterocycles. The van der Waals surface area contributed by atoms with Crippen LogP contribution >= 0.6 is 0 Å². The van der Waals surface area contributed by atoms with Gasteiger partial charge in [0.15, 0.2) is 0 Å². The number of pyridine rings is 1. The second kappa shape index (κ2) is 7.40. The van der Waals surface area contributed by atoms with Crippen LogP contribution in [0.15, 0.2) is 47.4 Å². The highest BCUT2D eigenvalue weighted by molar-refractivity contribution is 6.07. The maximum absolute atomic E-state index is 13.0. The zero-order valence-corrected chi connectivity index (χ0v) is 17.3. The molecular formula is C21H24N4O5. The molecule has 158 valence electrons. The lowest BCUT2D eigenvalue weighted by Crippen LogP contribution is -2.41. The topological polar surface area (TPSA) is 115 Å². The van der Waals surface area contributed by atoms with E-state index in [0.29, 0.717) is 5.56 Å². The van der Waals surface area contributed by atoms with E-state index in [1.165, 1.54) is 0 Å². The Kier molecular flexibility index (Phi) is 5.23. The Morgan fingerprint density at radius 2 is 1.67 bits per heavy atom. The number of nitrogens with one attached hydrogen (secondary N) is 1. The van der Waals surface area contributed by atoms with Gasteiger partial charge in [0.1, 0.15) is 5.54 Å². The smallest absolute Gasteiger partial charge is 0.319 e. The predicted molar refractivity (Wildman–Crippen MR) is 110 cm³/mol. The second-order valence-electron chi connectivity index (χ2n) is 8.52. The number of hydrogen-bond donors (Lipinski definition) is 1.